The van der Waals surface area contributed by atoms with E-state index in [1.807, 2.05) is 49.8 Å². The van der Waals surface area contributed by atoms with Gasteiger partial charge in [-0.05, 0) is 50.8 Å². The number of thiazole rings is 1. The molecule has 7 rings (SSSR count). The maximum atomic E-state index is 13.5. The minimum atomic E-state index is 0.0390. The van der Waals surface area contributed by atoms with Crippen molar-refractivity contribution in [3.05, 3.63) is 59.0 Å². The normalized spacial score (nSPS) is 22.2. The second-order valence-electron chi connectivity index (χ2n) is 10.8. The van der Waals surface area contributed by atoms with Gasteiger partial charge in [0.2, 0.25) is 5.88 Å². The molecule has 1 saturated carbocycles. The van der Waals surface area contributed by atoms with Gasteiger partial charge in [-0.25, -0.2) is 9.97 Å². The van der Waals surface area contributed by atoms with Gasteiger partial charge in [-0.1, -0.05) is 0 Å². The van der Waals surface area contributed by atoms with E-state index in [1.54, 1.807) is 10.9 Å². The molecule has 6 heterocycles. The van der Waals surface area contributed by atoms with Crippen molar-refractivity contribution in [3.8, 4) is 17.1 Å². The highest BCUT2D eigenvalue weighted by atomic mass is 32.1. The number of aromatic nitrogens is 6. The Kier molecular flexibility index (Phi) is 6.03. The standard InChI is InChI=1S/C28H30N8O2S/c1-16-22(14-35(2)34-16)24-15-39-28(30-24)31-25-9-5-18(13-29-25)27(37)36-19-6-7-20(36)12-21(11-19)38-26-10-8-23(32-33-26)17-3-4-17/h5,8-10,13-15,17,19-21H,3-4,6-7,11-12H2,1-2H3,(H,29,30,31)/t19-,20+,21+. The van der Waals surface area contributed by atoms with E-state index >= 15 is 0 Å². The molecule has 2 saturated heterocycles. The zero-order valence-electron chi connectivity index (χ0n) is 21.9. The second-order valence-corrected chi connectivity index (χ2v) is 11.6. The summed E-state index contributed by atoms with van der Waals surface area (Å²) in [6.45, 7) is 1.98. The Morgan fingerprint density at radius 3 is 2.54 bits per heavy atom. The maximum Gasteiger partial charge on any atom is 0.255 e. The first-order valence-electron chi connectivity index (χ1n) is 13.5. The van der Waals surface area contributed by atoms with Crippen LogP contribution in [0.2, 0.25) is 0 Å². The Morgan fingerprint density at radius 1 is 1.08 bits per heavy atom. The molecule has 4 aromatic heterocycles. The number of anilines is 2. The summed E-state index contributed by atoms with van der Waals surface area (Å²) in [6.07, 6.45) is 9.71. The van der Waals surface area contributed by atoms with Gasteiger partial charge in [0.1, 0.15) is 11.9 Å². The Hall–Kier alpha value is -3.86. The van der Waals surface area contributed by atoms with Gasteiger partial charge < -0.3 is 15.0 Å². The average Bonchev–Trinajstić information content (AvgIpc) is 3.51. The van der Waals surface area contributed by atoms with Crippen LogP contribution in [0.5, 0.6) is 5.88 Å². The molecule has 0 aromatic carbocycles. The van der Waals surface area contributed by atoms with Crippen molar-refractivity contribution in [2.75, 3.05) is 5.32 Å². The number of piperidine rings is 1. The fourth-order valence-corrected chi connectivity index (χ4v) is 6.59. The zero-order chi connectivity index (χ0) is 26.5. The highest BCUT2D eigenvalue weighted by Crippen LogP contribution is 2.40. The van der Waals surface area contributed by atoms with Crippen molar-refractivity contribution in [1.82, 2.24) is 34.8 Å². The lowest BCUT2D eigenvalue weighted by molar-refractivity contribution is 0.0345. The van der Waals surface area contributed by atoms with Crippen LogP contribution in [-0.2, 0) is 7.05 Å². The van der Waals surface area contributed by atoms with Crippen LogP contribution in [0.15, 0.2) is 42.0 Å². The molecule has 4 aromatic rings. The number of nitrogens with zero attached hydrogens (tertiary/aromatic N) is 7. The number of carbonyl (C=O) groups is 1. The Labute approximate surface area is 230 Å². The number of nitrogens with one attached hydrogen (secondary N) is 1. The largest absolute Gasteiger partial charge is 0.473 e. The zero-order valence-corrected chi connectivity index (χ0v) is 22.8. The average molecular weight is 543 g/mol. The number of hydrogen-bond acceptors (Lipinski definition) is 9. The van der Waals surface area contributed by atoms with E-state index in [4.69, 9.17) is 4.74 Å². The van der Waals surface area contributed by atoms with Crippen LogP contribution in [0.25, 0.3) is 11.3 Å². The first-order chi connectivity index (χ1) is 19.0. The van der Waals surface area contributed by atoms with E-state index < -0.39 is 0 Å². The van der Waals surface area contributed by atoms with E-state index in [9.17, 15) is 4.79 Å². The highest BCUT2D eigenvalue weighted by Gasteiger charge is 2.44. The molecule has 3 aliphatic rings. The van der Waals surface area contributed by atoms with E-state index in [1.165, 1.54) is 24.2 Å². The van der Waals surface area contributed by atoms with Crippen molar-refractivity contribution >= 4 is 28.2 Å². The molecule has 1 aliphatic carbocycles. The third-order valence-corrected chi connectivity index (χ3v) is 8.66. The van der Waals surface area contributed by atoms with E-state index in [0.717, 1.165) is 53.5 Å². The van der Waals surface area contributed by atoms with Crippen LogP contribution >= 0.6 is 11.3 Å². The third-order valence-electron chi connectivity index (χ3n) is 7.91. The summed E-state index contributed by atoms with van der Waals surface area (Å²) in [7, 11) is 1.90. The van der Waals surface area contributed by atoms with Gasteiger partial charge in [0.05, 0.1) is 22.6 Å². The summed E-state index contributed by atoms with van der Waals surface area (Å²) in [6, 6.07) is 7.99. The minimum Gasteiger partial charge on any atom is -0.473 e. The fourth-order valence-electron chi connectivity index (χ4n) is 5.87. The monoisotopic (exact) mass is 542 g/mol. The Morgan fingerprint density at radius 2 is 1.90 bits per heavy atom. The highest BCUT2D eigenvalue weighted by molar-refractivity contribution is 7.14. The maximum absolute atomic E-state index is 13.5. The van der Waals surface area contributed by atoms with Gasteiger partial charge in [-0.15, -0.1) is 16.4 Å². The molecule has 3 fully saturated rings. The lowest BCUT2D eigenvalue weighted by atomic mass is 9.98. The first-order valence-corrected chi connectivity index (χ1v) is 14.4. The van der Waals surface area contributed by atoms with Crippen LogP contribution in [0.4, 0.5) is 10.9 Å². The molecule has 3 atom stereocenters. The lowest BCUT2D eigenvalue weighted by Crippen LogP contribution is -2.49. The Balaban J connectivity index is 0.976. The quantitative estimate of drug-likeness (QED) is 0.352. The molecule has 2 bridgehead atoms. The molecular formula is C28H30N8O2S. The minimum absolute atomic E-state index is 0.0390. The first kappa shape index (κ1) is 24.2. The molecule has 200 valence electrons. The van der Waals surface area contributed by atoms with Gasteiger partial charge in [-0.2, -0.15) is 10.2 Å². The van der Waals surface area contributed by atoms with Crippen LogP contribution in [0.3, 0.4) is 0 Å². The summed E-state index contributed by atoms with van der Waals surface area (Å²) in [4.78, 5) is 24.7. The number of ether oxygens (including phenoxy) is 1. The topological polar surface area (TPSA) is 111 Å². The Bertz CT molecular complexity index is 1480. The molecule has 39 heavy (non-hydrogen) atoms. The van der Waals surface area contributed by atoms with Crippen molar-refractivity contribution < 1.29 is 9.53 Å². The summed E-state index contributed by atoms with van der Waals surface area (Å²) in [5, 5.41) is 19.0. The molecule has 0 spiro atoms. The molecule has 10 nitrogen and oxygen atoms in total. The molecule has 0 unspecified atom stereocenters. The van der Waals surface area contributed by atoms with Crippen LogP contribution in [0.1, 0.15) is 66.2 Å². The molecule has 2 aliphatic heterocycles. The fraction of sp³-hybridized carbons (Fsp3) is 0.429. The summed E-state index contributed by atoms with van der Waals surface area (Å²) in [5.41, 5.74) is 4.50. The van der Waals surface area contributed by atoms with Gasteiger partial charge in [0, 0.05) is 67.3 Å². The van der Waals surface area contributed by atoms with Gasteiger partial charge in [0.25, 0.3) is 5.91 Å². The predicted octanol–water partition coefficient (Wildman–Crippen LogP) is 4.87. The number of fused-ring (bicyclic) bond motifs is 2. The van der Waals surface area contributed by atoms with Crippen LogP contribution in [0, 0.1) is 6.92 Å². The number of rotatable bonds is 7. The summed E-state index contributed by atoms with van der Waals surface area (Å²) in [5.74, 6) is 1.85. The van der Waals surface area contributed by atoms with E-state index in [-0.39, 0.29) is 24.1 Å². The van der Waals surface area contributed by atoms with Crippen molar-refractivity contribution in [3.63, 3.8) is 0 Å². The number of pyridine rings is 1. The van der Waals surface area contributed by atoms with Crippen molar-refractivity contribution in [2.45, 2.75) is 69.6 Å². The molecule has 11 heteroatoms. The van der Waals surface area contributed by atoms with Gasteiger partial charge in [0.15, 0.2) is 5.13 Å². The summed E-state index contributed by atoms with van der Waals surface area (Å²) >= 11 is 1.51. The molecule has 1 amide bonds. The lowest BCUT2D eigenvalue weighted by Gasteiger charge is -2.38. The predicted molar refractivity (Wildman–Crippen MR) is 147 cm³/mol. The number of aryl methyl sites for hydroxylation is 2. The number of hydrogen-bond donors (Lipinski definition) is 1. The number of carbonyl (C=O) groups excluding carboxylic acids is 1. The second kappa shape index (κ2) is 9.71. The molecule has 1 N–H and O–H groups in total. The van der Waals surface area contributed by atoms with Crippen LogP contribution in [-0.4, -0.2) is 58.9 Å². The van der Waals surface area contributed by atoms with E-state index in [2.05, 4.69) is 35.5 Å². The van der Waals surface area contributed by atoms with Gasteiger partial charge >= 0.3 is 0 Å². The van der Waals surface area contributed by atoms with Crippen molar-refractivity contribution in [1.29, 1.82) is 0 Å². The number of amides is 1. The summed E-state index contributed by atoms with van der Waals surface area (Å²) < 4.78 is 7.98. The molecule has 0 radical (unpaired) electrons. The molecular weight excluding hydrogens is 512 g/mol. The van der Waals surface area contributed by atoms with Crippen LogP contribution < -0.4 is 10.1 Å². The third kappa shape index (κ3) is 4.87. The van der Waals surface area contributed by atoms with Gasteiger partial charge in [-0.3, -0.25) is 9.48 Å². The SMILES string of the molecule is Cc1nn(C)cc1-c1csc(Nc2ccc(C(=O)N3[C@@H]4CC[C@H]3C[C@@H](Oc3ccc(C5CC5)nn3)C4)cn2)n1. The van der Waals surface area contributed by atoms with E-state index in [0.29, 0.717) is 23.2 Å². The smallest absolute Gasteiger partial charge is 0.255 e. The van der Waals surface area contributed by atoms with Crippen molar-refractivity contribution in [2.24, 2.45) is 7.05 Å².